The van der Waals surface area contributed by atoms with Crippen LogP contribution in [0.15, 0.2) is 42.7 Å². The topological polar surface area (TPSA) is 77.3 Å². The van der Waals surface area contributed by atoms with Gasteiger partial charge in [-0.3, -0.25) is 15.1 Å². The Balaban J connectivity index is 2.20. The van der Waals surface area contributed by atoms with E-state index in [9.17, 15) is 10.1 Å². The minimum atomic E-state index is -0.467. The molecule has 2 aromatic rings. The van der Waals surface area contributed by atoms with Crippen LogP contribution < -0.4 is 10.1 Å². The summed E-state index contributed by atoms with van der Waals surface area (Å²) in [7, 11) is 0. The Morgan fingerprint density at radius 3 is 2.90 bits per heavy atom. The lowest BCUT2D eigenvalue weighted by Gasteiger charge is -2.07. The predicted octanol–water partition coefficient (Wildman–Crippen LogP) is 2.89. The first kappa shape index (κ1) is 14.0. The molecule has 0 fully saturated rings. The van der Waals surface area contributed by atoms with Crippen molar-refractivity contribution in [3.05, 3.63) is 58.4 Å². The van der Waals surface area contributed by atoms with E-state index in [4.69, 9.17) is 4.74 Å². The van der Waals surface area contributed by atoms with E-state index < -0.39 is 4.92 Å². The van der Waals surface area contributed by atoms with Gasteiger partial charge in [0.1, 0.15) is 5.75 Å². The van der Waals surface area contributed by atoms with E-state index in [-0.39, 0.29) is 11.4 Å². The summed E-state index contributed by atoms with van der Waals surface area (Å²) in [5.41, 5.74) is 0.896. The molecule has 0 spiro atoms. The molecule has 0 aliphatic heterocycles. The van der Waals surface area contributed by atoms with Gasteiger partial charge in [-0.1, -0.05) is 19.1 Å². The van der Waals surface area contributed by atoms with Crippen LogP contribution in [-0.2, 0) is 6.54 Å². The zero-order valence-electron chi connectivity index (χ0n) is 11.1. The van der Waals surface area contributed by atoms with E-state index in [2.05, 4.69) is 10.3 Å². The van der Waals surface area contributed by atoms with Crippen LogP contribution in [0.1, 0.15) is 12.5 Å². The number of nitro benzene ring substituents is 1. The average molecular weight is 273 g/mol. The molecule has 1 heterocycles. The quantitative estimate of drug-likeness (QED) is 0.646. The summed E-state index contributed by atoms with van der Waals surface area (Å²) in [6.45, 7) is 3.55. The first-order chi connectivity index (χ1) is 9.70. The number of rotatable bonds is 6. The van der Waals surface area contributed by atoms with Crippen LogP contribution >= 0.6 is 0 Å². The van der Waals surface area contributed by atoms with E-state index in [1.54, 1.807) is 24.4 Å². The highest BCUT2D eigenvalue weighted by molar-refractivity contribution is 5.48. The second-order valence-corrected chi connectivity index (χ2v) is 4.14. The number of pyridine rings is 1. The van der Waals surface area contributed by atoms with Crippen molar-refractivity contribution in [2.45, 2.75) is 13.5 Å². The third-order valence-electron chi connectivity index (χ3n) is 2.64. The van der Waals surface area contributed by atoms with Crippen molar-refractivity contribution in [3.8, 4) is 11.5 Å². The normalized spacial score (nSPS) is 10.2. The van der Waals surface area contributed by atoms with Gasteiger partial charge in [-0.25, -0.2) is 0 Å². The molecule has 0 atom stereocenters. The lowest BCUT2D eigenvalue weighted by Crippen LogP contribution is -2.11. The summed E-state index contributed by atoms with van der Waals surface area (Å²) in [5.74, 6) is 0.689. The monoisotopic (exact) mass is 273 g/mol. The Hall–Kier alpha value is -2.47. The van der Waals surface area contributed by atoms with Crippen LogP contribution in [-0.4, -0.2) is 16.5 Å². The summed E-state index contributed by atoms with van der Waals surface area (Å²) >= 11 is 0. The van der Waals surface area contributed by atoms with Gasteiger partial charge in [0.25, 0.3) is 0 Å². The van der Waals surface area contributed by atoms with Crippen LogP contribution in [0.4, 0.5) is 5.69 Å². The van der Waals surface area contributed by atoms with Crippen molar-refractivity contribution in [1.82, 2.24) is 10.3 Å². The van der Waals surface area contributed by atoms with E-state index in [1.807, 2.05) is 13.0 Å². The second-order valence-electron chi connectivity index (χ2n) is 4.14. The number of nitro groups is 1. The number of nitrogens with one attached hydrogen (secondary N) is 1. The van der Waals surface area contributed by atoms with E-state index in [0.29, 0.717) is 12.3 Å². The zero-order valence-corrected chi connectivity index (χ0v) is 11.1. The number of hydrogen-bond donors (Lipinski definition) is 1. The first-order valence-corrected chi connectivity index (χ1v) is 6.26. The number of nitrogens with zero attached hydrogens (tertiary/aromatic N) is 2. The van der Waals surface area contributed by atoms with E-state index in [0.717, 1.165) is 12.1 Å². The molecule has 0 radical (unpaired) electrons. The molecule has 104 valence electrons. The molecular formula is C14H15N3O3. The van der Waals surface area contributed by atoms with Crippen LogP contribution in [0.3, 0.4) is 0 Å². The van der Waals surface area contributed by atoms with Gasteiger partial charge < -0.3 is 10.1 Å². The molecule has 20 heavy (non-hydrogen) atoms. The molecule has 0 amide bonds. The minimum Gasteiger partial charge on any atom is -0.448 e. The third-order valence-corrected chi connectivity index (χ3v) is 2.64. The highest BCUT2D eigenvalue weighted by Crippen LogP contribution is 2.30. The summed E-state index contributed by atoms with van der Waals surface area (Å²) in [6.07, 6.45) is 3.26. The lowest BCUT2D eigenvalue weighted by molar-refractivity contribution is -0.385. The number of ether oxygens (including phenoxy) is 1. The first-order valence-electron chi connectivity index (χ1n) is 6.26. The molecule has 0 saturated heterocycles. The maximum Gasteiger partial charge on any atom is 0.311 e. The fraction of sp³-hybridized carbons (Fsp3) is 0.214. The predicted molar refractivity (Wildman–Crippen MR) is 74.8 cm³/mol. The number of hydrogen-bond acceptors (Lipinski definition) is 5. The van der Waals surface area contributed by atoms with Crippen LogP contribution in [0.2, 0.25) is 0 Å². The number of aromatic nitrogens is 1. The molecule has 6 heteroatoms. The fourth-order valence-corrected chi connectivity index (χ4v) is 1.71. The lowest BCUT2D eigenvalue weighted by atomic mass is 10.2. The van der Waals surface area contributed by atoms with Crippen LogP contribution in [0, 0.1) is 10.1 Å². The van der Waals surface area contributed by atoms with Crippen molar-refractivity contribution >= 4 is 5.69 Å². The van der Waals surface area contributed by atoms with Gasteiger partial charge in [0.15, 0.2) is 0 Å². The summed E-state index contributed by atoms with van der Waals surface area (Å²) in [5, 5.41) is 14.1. The molecule has 0 saturated carbocycles. The van der Waals surface area contributed by atoms with Gasteiger partial charge >= 0.3 is 5.69 Å². The summed E-state index contributed by atoms with van der Waals surface area (Å²) < 4.78 is 5.56. The van der Waals surface area contributed by atoms with Gasteiger partial charge in [0, 0.05) is 18.8 Å². The molecule has 1 aromatic heterocycles. The van der Waals surface area contributed by atoms with Crippen molar-refractivity contribution in [3.63, 3.8) is 0 Å². The highest BCUT2D eigenvalue weighted by atomic mass is 16.6. The summed E-state index contributed by atoms with van der Waals surface area (Å²) in [6, 6.07) is 8.08. The minimum absolute atomic E-state index is 0.0652. The van der Waals surface area contributed by atoms with Crippen molar-refractivity contribution < 1.29 is 9.66 Å². The molecule has 1 aromatic carbocycles. The largest absolute Gasteiger partial charge is 0.448 e. The van der Waals surface area contributed by atoms with Gasteiger partial charge in [0.05, 0.1) is 11.1 Å². The molecule has 0 unspecified atom stereocenters. The third kappa shape index (κ3) is 3.52. The molecule has 0 aliphatic carbocycles. The number of para-hydroxylation sites is 2. The van der Waals surface area contributed by atoms with E-state index in [1.165, 1.54) is 12.3 Å². The smallest absolute Gasteiger partial charge is 0.311 e. The van der Waals surface area contributed by atoms with Gasteiger partial charge in [-0.05, 0) is 24.2 Å². The Bertz CT molecular complexity index is 602. The van der Waals surface area contributed by atoms with Crippen molar-refractivity contribution in [1.29, 1.82) is 0 Å². The Labute approximate surface area is 116 Å². The van der Waals surface area contributed by atoms with Crippen molar-refractivity contribution in [2.24, 2.45) is 0 Å². The Kier molecular flexibility index (Phi) is 4.62. The van der Waals surface area contributed by atoms with E-state index >= 15 is 0 Å². The molecule has 6 nitrogen and oxygen atoms in total. The molecule has 1 N–H and O–H groups in total. The molecule has 0 aliphatic rings. The fourth-order valence-electron chi connectivity index (χ4n) is 1.71. The van der Waals surface area contributed by atoms with Gasteiger partial charge in [-0.2, -0.15) is 0 Å². The zero-order chi connectivity index (χ0) is 14.4. The second kappa shape index (κ2) is 6.63. The highest BCUT2D eigenvalue weighted by Gasteiger charge is 2.14. The SMILES string of the molecule is CCNCc1cncc(Oc2ccccc2[N+](=O)[O-])c1. The summed E-state index contributed by atoms with van der Waals surface area (Å²) in [4.78, 5) is 14.5. The molecule has 0 bridgehead atoms. The van der Waals surface area contributed by atoms with Gasteiger partial charge in [0.2, 0.25) is 5.75 Å². The van der Waals surface area contributed by atoms with Gasteiger partial charge in [-0.15, -0.1) is 0 Å². The number of benzene rings is 1. The molecular weight excluding hydrogens is 258 g/mol. The Morgan fingerprint density at radius 1 is 1.35 bits per heavy atom. The van der Waals surface area contributed by atoms with Crippen LogP contribution in [0.25, 0.3) is 0 Å². The van der Waals surface area contributed by atoms with Crippen molar-refractivity contribution in [2.75, 3.05) is 6.54 Å². The Morgan fingerprint density at radius 2 is 2.15 bits per heavy atom. The van der Waals surface area contributed by atoms with Crippen LogP contribution in [0.5, 0.6) is 11.5 Å². The maximum atomic E-state index is 10.9. The molecule has 2 rings (SSSR count). The average Bonchev–Trinajstić information content (AvgIpc) is 2.46. The standard InChI is InChI=1S/C14H15N3O3/c1-2-15-8-11-7-12(10-16-9-11)20-14-6-4-3-5-13(14)17(18)19/h3-7,9-10,15H,2,8H2,1H3. The maximum absolute atomic E-state index is 10.9.